The molecule has 1 rings (SSSR count). The van der Waals surface area contributed by atoms with Crippen LogP contribution < -0.4 is 5.19 Å². The summed E-state index contributed by atoms with van der Waals surface area (Å²) in [7, 11) is -0.442. The predicted molar refractivity (Wildman–Crippen MR) is 77.2 cm³/mol. The molecule has 1 aromatic carbocycles. The van der Waals surface area contributed by atoms with Crippen molar-refractivity contribution in [3.63, 3.8) is 0 Å². The molecule has 0 aliphatic rings. The quantitative estimate of drug-likeness (QED) is 0.444. The van der Waals surface area contributed by atoms with Crippen molar-refractivity contribution in [2.75, 3.05) is 0 Å². The molecule has 0 amide bonds. The first-order valence-electron chi connectivity index (χ1n) is 4.74. The van der Waals surface area contributed by atoms with Gasteiger partial charge in [-0.2, -0.15) is 0 Å². The van der Waals surface area contributed by atoms with E-state index in [0.717, 1.165) is 17.3 Å². The van der Waals surface area contributed by atoms with Crippen molar-refractivity contribution in [2.24, 2.45) is 0 Å². The third kappa shape index (κ3) is 5.11. The minimum absolute atomic E-state index is 0.182. The molecule has 0 spiro atoms. The second kappa shape index (κ2) is 6.53. The maximum Gasteiger partial charge on any atom is 0.280 e. The Hall–Kier alpha value is 0.814. The Bertz CT molecular complexity index is 289. The van der Waals surface area contributed by atoms with Crippen molar-refractivity contribution in [1.29, 1.82) is 0 Å². The largest absolute Gasteiger partial charge is 0.280 e. The van der Waals surface area contributed by atoms with E-state index in [9.17, 15) is 0 Å². The summed E-state index contributed by atoms with van der Waals surface area (Å²) in [5, 5.41) is 1.07. The SMILES string of the molecule is ClC(Cl)[SiH2]CC[Si](Cl)(Cl)c1ccccc1. The Morgan fingerprint density at radius 1 is 1.13 bits per heavy atom. The number of alkyl halides is 2. The smallest absolute Gasteiger partial charge is 0.140 e. The Balaban J connectivity index is 2.52. The third-order valence-corrected chi connectivity index (χ3v) is 9.93. The first-order chi connectivity index (χ1) is 7.02. The number of hydrogen-bond donors (Lipinski definition) is 0. The second-order valence-corrected chi connectivity index (χ2v) is 14.7. The zero-order valence-corrected chi connectivity index (χ0v) is 13.5. The summed E-state index contributed by atoms with van der Waals surface area (Å²) in [5.41, 5.74) is 0. The molecular weight excluding hydrogens is 306 g/mol. The molecule has 0 bridgehead atoms. The van der Waals surface area contributed by atoms with E-state index in [1.807, 2.05) is 30.3 Å². The molecule has 15 heavy (non-hydrogen) atoms. The molecule has 0 unspecified atom stereocenters. The summed E-state index contributed by atoms with van der Waals surface area (Å²) in [4.78, 5) is 0. The number of hydrogen-bond acceptors (Lipinski definition) is 0. The van der Waals surface area contributed by atoms with Gasteiger partial charge in [0.25, 0.3) is 6.69 Å². The first kappa shape index (κ1) is 13.9. The fourth-order valence-electron chi connectivity index (χ4n) is 1.30. The zero-order valence-electron chi connectivity index (χ0n) is 8.10. The monoisotopic (exact) mass is 316 g/mol. The van der Waals surface area contributed by atoms with Gasteiger partial charge in [0.1, 0.15) is 0 Å². The lowest BCUT2D eigenvalue weighted by molar-refractivity contribution is 1.39. The van der Waals surface area contributed by atoms with Crippen LogP contribution in [0.2, 0.25) is 12.1 Å². The lowest BCUT2D eigenvalue weighted by Gasteiger charge is -2.16. The van der Waals surface area contributed by atoms with Gasteiger partial charge in [-0.1, -0.05) is 36.4 Å². The van der Waals surface area contributed by atoms with Gasteiger partial charge in [0.15, 0.2) is 0 Å². The van der Waals surface area contributed by atoms with Gasteiger partial charge in [0.2, 0.25) is 0 Å². The molecule has 0 atom stereocenters. The van der Waals surface area contributed by atoms with E-state index in [-0.39, 0.29) is 4.46 Å². The van der Waals surface area contributed by atoms with Crippen LogP contribution in [0.4, 0.5) is 0 Å². The van der Waals surface area contributed by atoms with E-state index in [4.69, 9.17) is 45.4 Å². The summed E-state index contributed by atoms with van der Waals surface area (Å²) in [6.45, 7) is -2.28. The van der Waals surface area contributed by atoms with E-state index >= 15 is 0 Å². The molecule has 84 valence electrons. The molecule has 0 aliphatic carbocycles. The van der Waals surface area contributed by atoms with E-state index in [0.29, 0.717) is 0 Å². The summed E-state index contributed by atoms with van der Waals surface area (Å²) >= 11 is 24.2. The Morgan fingerprint density at radius 3 is 2.27 bits per heavy atom. The second-order valence-electron chi connectivity index (χ2n) is 3.35. The van der Waals surface area contributed by atoms with Crippen LogP contribution in [0.15, 0.2) is 30.3 Å². The first-order valence-corrected chi connectivity index (χ1v) is 11.7. The molecule has 0 nitrogen and oxygen atoms in total. The van der Waals surface area contributed by atoms with Crippen LogP contribution in [-0.2, 0) is 0 Å². The van der Waals surface area contributed by atoms with Crippen LogP contribution in [0.1, 0.15) is 0 Å². The van der Waals surface area contributed by atoms with Crippen LogP contribution in [0, 0.1) is 0 Å². The van der Waals surface area contributed by atoms with Gasteiger partial charge in [-0.05, 0) is 11.2 Å². The van der Waals surface area contributed by atoms with Gasteiger partial charge in [-0.3, -0.25) is 0 Å². The molecule has 1 aromatic rings. The predicted octanol–water partition coefficient (Wildman–Crippen LogP) is 3.16. The summed E-state index contributed by atoms with van der Waals surface area (Å²) in [5.74, 6) is 0. The molecule has 0 aliphatic heterocycles. The van der Waals surface area contributed by atoms with Gasteiger partial charge in [-0.25, -0.2) is 0 Å². The van der Waals surface area contributed by atoms with E-state index in [1.54, 1.807) is 0 Å². The molecule has 0 saturated carbocycles. The minimum Gasteiger partial charge on any atom is -0.140 e. The molecule has 6 heteroatoms. The topological polar surface area (TPSA) is 0 Å². The Kier molecular flexibility index (Phi) is 6.04. The highest BCUT2D eigenvalue weighted by molar-refractivity contribution is 7.51. The fourth-order valence-corrected chi connectivity index (χ4v) is 9.26. The summed E-state index contributed by atoms with van der Waals surface area (Å²) in [6.07, 6.45) is 0. The highest BCUT2D eigenvalue weighted by Gasteiger charge is 2.30. The Morgan fingerprint density at radius 2 is 1.73 bits per heavy atom. The van der Waals surface area contributed by atoms with Crippen molar-refractivity contribution in [1.82, 2.24) is 0 Å². The minimum atomic E-state index is -2.28. The van der Waals surface area contributed by atoms with Crippen molar-refractivity contribution in [2.45, 2.75) is 16.5 Å². The van der Waals surface area contributed by atoms with Crippen LogP contribution in [-0.4, -0.2) is 20.7 Å². The highest BCUT2D eigenvalue weighted by atomic mass is 35.7. The molecule has 0 aromatic heterocycles. The molecule has 0 radical (unpaired) electrons. The van der Waals surface area contributed by atoms with Crippen molar-refractivity contribution in [3.05, 3.63) is 30.3 Å². The molecule has 0 fully saturated rings. The third-order valence-electron chi connectivity index (χ3n) is 2.11. The zero-order chi connectivity index (χ0) is 11.3. The average Bonchev–Trinajstić information content (AvgIpc) is 2.18. The summed E-state index contributed by atoms with van der Waals surface area (Å²) in [6, 6.07) is 11.7. The van der Waals surface area contributed by atoms with Crippen LogP contribution in [0.5, 0.6) is 0 Å². The van der Waals surface area contributed by atoms with Crippen molar-refractivity contribution >= 4 is 66.8 Å². The van der Waals surface area contributed by atoms with E-state index in [2.05, 4.69) is 0 Å². The number of benzene rings is 1. The number of halogens is 4. The lowest BCUT2D eigenvalue weighted by atomic mass is 10.4. The normalized spacial score (nSPS) is 12.9. The maximum atomic E-state index is 6.39. The maximum absolute atomic E-state index is 6.39. The summed E-state index contributed by atoms with van der Waals surface area (Å²) < 4.78 is -0.182. The van der Waals surface area contributed by atoms with Crippen molar-refractivity contribution in [3.8, 4) is 0 Å². The average molecular weight is 318 g/mol. The molecular formula is C9H12Cl4Si2. The van der Waals surface area contributed by atoms with Crippen LogP contribution in [0.3, 0.4) is 0 Å². The fraction of sp³-hybridized carbons (Fsp3) is 0.333. The standard InChI is InChI=1S/C9H12Cl4Si2/c10-9(11)14-6-7-15(12,13)8-4-2-1-3-5-8/h1-5,9H,6-7,14H2. The number of rotatable bonds is 5. The molecule has 0 N–H and O–H groups in total. The van der Waals surface area contributed by atoms with Gasteiger partial charge in [0, 0.05) is 0 Å². The van der Waals surface area contributed by atoms with Gasteiger partial charge in [0.05, 0.1) is 14.0 Å². The molecule has 0 heterocycles. The van der Waals surface area contributed by atoms with Crippen LogP contribution >= 0.6 is 45.4 Å². The Labute approximate surface area is 113 Å². The van der Waals surface area contributed by atoms with E-state index < -0.39 is 16.2 Å². The van der Waals surface area contributed by atoms with E-state index in [1.165, 1.54) is 0 Å². The highest BCUT2D eigenvalue weighted by Crippen LogP contribution is 2.23. The van der Waals surface area contributed by atoms with Crippen molar-refractivity contribution < 1.29 is 0 Å². The van der Waals surface area contributed by atoms with Gasteiger partial charge < -0.3 is 0 Å². The van der Waals surface area contributed by atoms with Crippen LogP contribution in [0.25, 0.3) is 0 Å². The van der Waals surface area contributed by atoms with Gasteiger partial charge >= 0.3 is 0 Å². The molecule has 0 saturated heterocycles. The van der Waals surface area contributed by atoms with Gasteiger partial charge in [-0.15, -0.1) is 45.4 Å². The lowest BCUT2D eigenvalue weighted by Crippen LogP contribution is -2.36.